The Labute approximate surface area is 144 Å². The van der Waals surface area contributed by atoms with Gasteiger partial charge >= 0.3 is 0 Å². The van der Waals surface area contributed by atoms with Crippen LogP contribution >= 0.6 is 11.6 Å². The summed E-state index contributed by atoms with van der Waals surface area (Å²) in [6, 6.07) is 11.6. The van der Waals surface area contributed by atoms with Crippen molar-refractivity contribution in [3.05, 3.63) is 63.2 Å². The second-order valence-corrected chi connectivity index (χ2v) is 6.03. The van der Waals surface area contributed by atoms with Gasteiger partial charge in [0.15, 0.2) is 0 Å². The van der Waals surface area contributed by atoms with E-state index in [-0.39, 0.29) is 16.3 Å². The number of nitro benzene ring substituents is 1. The minimum Gasteiger partial charge on any atom is -0.372 e. The number of nitro groups is 1. The first-order chi connectivity index (χ1) is 11.5. The van der Waals surface area contributed by atoms with Crippen LogP contribution in [0.4, 0.5) is 17.1 Å². The Morgan fingerprint density at radius 3 is 2.42 bits per heavy atom. The van der Waals surface area contributed by atoms with Crippen molar-refractivity contribution in [3.8, 4) is 0 Å². The average molecular weight is 346 g/mol. The van der Waals surface area contributed by atoms with E-state index in [9.17, 15) is 14.9 Å². The van der Waals surface area contributed by atoms with Crippen molar-refractivity contribution in [3.63, 3.8) is 0 Å². The number of hydrogen-bond acceptors (Lipinski definition) is 4. The molecule has 0 radical (unpaired) electrons. The molecular weight excluding hydrogens is 330 g/mol. The molecule has 1 saturated heterocycles. The second-order valence-electron chi connectivity index (χ2n) is 5.62. The van der Waals surface area contributed by atoms with E-state index in [0.29, 0.717) is 5.69 Å². The average Bonchev–Trinajstić information content (AvgIpc) is 3.10. The molecule has 1 amide bonds. The molecule has 0 unspecified atom stereocenters. The van der Waals surface area contributed by atoms with Gasteiger partial charge in [-0.05, 0) is 49.2 Å². The number of carbonyl (C=O) groups is 1. The van der Waals surface area contributed by atoms with Crippen molar-refractivity contribution in [2.24, 2.45) is 0 Å². The molecule has 0 bridgehead atoms. The number of nitrogens with one attached hydrogen (secondary N) is 1. The smallest absolute Gasteiger partial charge is 0.288 e. The number of halogens is 1. The predicted octanol–water partition coefficient (Wildman–Crippen LogP) is 4.10. The van der Waals surface area contributed by atoms with Crippen LogP contribution in [0.3, 0.4) is 0 Å². The molecule has 0 aliphatic carbocycles. The highest BCUT2D eigenvalue weighted by atomic mass is 35.5. The summed E-state index contributed by atoms with van der Waals surface area (Å²) in [5.41, 5.74) is 1.68. The van der Waals surface area contributed by atoms with Gasteiger partial charge in [0.1, 0.15) is 5.02 Å². The minimum absolute atomic E-state index is 0.00603. The van der Waals surface area contributed by atoms with E-state index in [4.69, 9.17) is 11.6 Å². The number of benzene rings is 2. The number of rotatable bonds is 4. The topological polar surface area (TPSA) is 75.5 Å². The van der Waals surface area contributed by atoms with Crippen LogP contribution in [0.5, 0.6) is 0 Å². The number of anilines is 2. The molecule has 2 aromatic carbocycles. The lowest BCUT2D eigenvalue weighted by Gasteiger charge is -2.17. The second kappa shape index (κ2) is 6.88. The molecule has 0 saturated carbocycles. The predicted molar refractivity (Wildman–Crippen MR) is 93.9 cm³/mol. The van der Waals surface area contributed by atoms with Gasteiger partial charge in [-0.1, -0.05) is 11.6 Å². The van der Waals surface area contributed by atoms with E-state index in [1.165, 1.54) is 31.0 Å². The molecule has 0 spiro atoms. The molecule has 24 heavy (non-hydrogen) atoms. The summed E-state index contributed by atoms with van der Waals surface area (Å²) in [6.45, 7) is 2.11. The van der Waals surface area contributed by atoms with Crippen LogP contribution in [-0.2, 0) is 0 Å². The maximum Gasteiger partial charge on any atom is 0.288 e. The summed E-state index contributed by atoms with van der Waals surface area (Å²) >= 11 is 5.76. The fraction of sp³-hybridized carbons (Fsp3) is 0.235. The van der Waals surface area contributed by atoms with Crippen LogP contribution in [-0.4, -0.2) is 23.9 Å². The number of nitrogens with zero attached hydrogens (tertiary/aromatic N) is 2. The Kier molecular flexibility index (Phi) is 4.66. The van der Waals surface area contributed by atoms with Crippen LogP contribution < -0.4 is 10.2 Å². The van der Waals surface area contributed by atoms with E-state index < -0.39 is 10.8 Å². The van der Waals surface area contributed by atoms with Crippen LogP contribution in [0.15, 0.2) is 42.5 Å². The fourth-order valence-electron chi connectivity index (χ4n) is 2.73. The van der Waals surface area contributed by atoms with Crippen molar-refractivity contribution in [1.82, 2.24) is 0 Å². The van der Waals surface area contributed by atoms with Crippen molar-refractivity contribution in [2.45, 2.75) is 12.8 Å². The molecule has 6 nitrogen and oxygen atoms in total. The van der Waals surface area contributed by atoms with Gasteiger partial charge in [0.05, 0.1) is 4.92 Å². The van der Waals surface area contributed by atoms with Crippen LogP contribution in [0.2, 0.25) is 5.02 Å². The van der Waals surface area contributed by atoms with Gasteiger partial charge in [-0.15, -0.1) is 0 Å². The normalized spacial score (nSPS) is 13.8. The van der Waals surface area contributed by atoms with Gasteiger partial charge in [0.2, 0.25) is 0 Å². The molecule has 1 fully saturated rings. The minimum atomic E-state index is -0.607. The summed E-state index contributed by atoms with van der Waals surface area (Å²) in [5.74, 6) is -0.413. The third-order valence-corrected chi connectivity index (χ3v) is 4.32. The molecule has 0 atom stereocenters. The third kappa shape index (κ3) is 3.49. The van der Waals surface area contributed by atoms with E-state index >= 15 is 0 Å². The third-order valence-electron chi connectivity index (χ3n) is 4.00. The lowest BCUT2D eigenvalue weighted by Crippen LogP contribution is -2.17. The molecule has 1 heterocycles. The molecule has 1 aliphatic heterocycles. The van der Waals surface area contributed by atoms with Gasteiger partial charge in [0, 0.05) is 36.1 Å². The quantitative estimate of drug-likeness (QED) is 0.668. The first kappa shape index (κ1) is 16.3. The standard InChI is InChI=1S/C17H16ClN3O3/c18-15-8-3-12(11-16(15)21(23)24)17(22)19-13-4-6-14(7-5-13)20-9-1-2-10-20/h3-8,11H,1-2,9-10H2,(H,19,22). The maximum absolute atomic E-state index is 12.3. The zero-order chi connectivity index (χ0) is 17.1. The van der Waals surface area contributed by atoms with E-state index in [1.54, 1.807) is 0 Å². The maximum atomic E-state index is 12.3. The summed E-state index contributed by atoms with van der Waals surface area (Å²) in [5, 5.41) is 13.6. The summed E-state index contributed by atoms with van der Waals surface area (Å²) < 4.78 is 0. The lowest BCUT2D eigenvalue weighted by molar-refractivity contribution is -0.384. The number of amides is 1. The Morgan fingerprint density at radius 1 is 1.12 bits per heavy atom. The monoisotopic (exact) mass is 345 g/mol. The van der Waals surface area contributed by atoms with Crippen molar-refractivity contribution < 1.29 is 9.72 Å². The Bertz CT molecular complexity index is 771. The van der Waals surface area contributed by atoms with Crippen LogP contribution in [0.25, 0.3) is 0 Å². The van der Waals surface area contributed by atoms with Gasteiger partial charge in [-0.2, -0.15) is 0 Å². The Morgan fingerprint density at radius 2 is 1.79 bits per heavy atom. The van der Waals surface area contributed by atoms with Gasteiger partial charge in [-0.3, -0.25) is 14.9 Å². The molecule has 124 valence electrons. The molecule has 0 aromatic heterocycles. The lowest BCUT2D eigenvalue weighted by atomic mass is 10.2. The molecular formula is C17H16ClN3O3. The van der Waals surface area contributed by atoms with Crippen LogP contribution in [0, 0.1) is 10.1 Å². The molecule has 1 aliphatic rings. The summed E-state index contributed by atoms with van der Waals surface area (Å²) in [4.78, 5) is 24.8. The van der Waals surface area contributed by atoms with Crippen LogP contribution in [0.1, 0.15) is 23.2 Å². The molecule has 2 aromatic rings. The summed E-state index contributed by atoms with van der Waals surface area (Å²) in [6.07, 6.45) is 2.40. The molecule has 3 rings (SSSR count). The first-order valence-electron chi connectivity index (χ1n) is 7.65. The first-order valence-corrected chi connectivity index (χ1v) is 8.03. The van der Waals surface area contributed by atoms with Gasteiger partial charge in [0.25, 0.3) is 11.6 Å². The van der Waals surface area contributed by atoms with Gasteiger partial charge in [-0.25, -0.2) is 0 Å². The van der Waals surface area contributed by atoms with E-state index in [1.807, 2.05) is 24.3 Å². The van der Waals surface area contributed by atoms with Crippen molar-refractivity contribution >= 4 is 34.6 Å². The number of hydrogen-bond donors (Lipinski definition) is 1. The van der Waals surface area contributed by atoms with E-state index in [0.717, 1.165) is 18.8 Å². The number of carbonyl (C=O) groups excluding carboxylic acids is 1. The summed E-state index contributed by atoms with van der Waals surface area (Å²) in [7, 11) is 0. The Hall–Kier alpha value is -2.60. The SMILES string of the molecule is O=C(Nc1ccc(N2CCCC2)cc1)c1ccc(Cl)c([N+](=O)[O-])c1. The highest BCUT2D eigenvalue weighted by molar-refractivity contribution is 6.32. The van der Waals surface area contributed by atoms with Crippen molar-refractivity contribution in [2.75, 3.05) is 23.3 Å². The largest absolute Gasteiger partial charge is 0.372 e. The fourth-order valence-corrected chi connectivity index (χ4v) is 2.91. The Balaban J connectivity index is 1.72. The highest BCUT2D eigenvalue weighted by Gasteiger charge is 2.17. The zero-order valence-electron chi connectivity index (χ0n) is 12.9. The molecule has 7 heteroatoms. The van der Waals surface area contributed by atoms with E-state index in [2.05, 4.69) is 10.2 Å². The van der Waals surface area contributed by atoms with Gasteiger partial charge < -0.3 is 10.2 Å². The zero-order valence-corrected chi connectivity index (χ0v) is 13.6. The molecule has 1 N–H and O–H groups in total. The van der Waals surface area contributed by atoms with Crippen molar-refractivity contribution in [1.29, 1.82) is 0 Å². The highest BCUT2D eigenvalue weighted by Crippen LogP contribution is 2.26.